The fraction of sp³-hybridized carbons (Fsp3) is 0.238. The molecule has 3 aromatic rings. The van der Waals surface area contributed by atoms with Gasteiger partial charge >= 0.3 is 0 Å². The number of hydrogen-bond donors (Lipinski definition) is 1. The summed E-state index contributed by atoms with van der Waals surface area (Å²) in [4.78, 5) is 17.3. The fourth-order valence-corrected chi connectivity index (χ4v) is 5.95. The number of benzene rings is 2. The summed E-state index contributed by atoms with van der Waals surface area (Å²) in [6.07, 6.45) is 4.82. The van der Waals surface area contributed by atoms with E-state index in [4.69, 9.17) is 16.0 Å². The summed E-state index contributed by atoms with van der Waals surface area (Å²) in [6, 6.07) is 13.0. The Hall–Kier alpha value is -2.64. The highest BCUT2D eigenvalue weighted by molar-refractivity contribution is 7.93. The third-order valence-corrected chi connectivity index (χ3v) is 8.07. The van der Waals surface area contributed by atoms with Gasteiger partial charge in [-0.2, -0.15) is 0 Å². The second kappa shape index (κ2) is 7.65. The molecule has 1 aromatic heterocycles. The highest BCUT2D eigenvalue weighted by Crippen LogP contribution is 2.41. The summed E-state index contributed by atoms with van der Waals surface area (Å²) < 4.78 is 30.6. The minimum absolute atomic E-state index is 0.106. The summed E-state index contributed by atoms with van der Waals surface area (Å²) in [5.74, 6) is 0.0464. The molecule has 0 unspecified atom stereocenters. The molecule has 0 bridgehead atoms. The first-order valence-electron chi connectivity index (χ1n) is 9.23. The van der Waals surface area contributed by atoms with Crippen molar-refractivity contribution in [2.75, 3.05) is 5.32 Å². The van der Waals surface area contributed by atoms with Crippen molar-refractivity contribution in [1.29, 1.82) is 0 Å². The van der Waals surface area contributed by atoms with Crippen molar-refractivity contribution in [3.8, 4) is 11.3 Å². The Labute approximate surface area is 173 Å². The Balaban J connectivity index is 1.66. The van der Waals surface area contributed by atoms with Crippen LogP contribution in [0.5, 0.6) is 0 Å². The van der Waals surface area contributed by atoms with Crippen LogP contribution in [-0.2, 0) is 14.6 Å². The molecule has 2 aromatic carbocycles. The summed E-state index contributed by atoms with van der Waals surface area (Å²) in [5.41, 5.74) is 1.24. The van der Waals surface area contributed by atoms with Crippen molar-refractivity contribution in [2.24, 2.45) is 0 Å². The predicted molar refractivity (Wildman–Crippen MR) is 110 cm³/mol. The monoisotopic (exact) mass is 430 g/mol. The van der Waals surface area contributed by atoms with Crippen molar-refractivity contribution >= 4 is 33.0 Å². The number of nitrogens with zero attached hydrogens (tertiary/aromatic N) is 1. The van der Waals surface area contributed by atoms with Crippen LogP contribution < -0.4 is 5.32 Å². The Kier molecular flexibility index (Phi) is 5.19. The second-order valence-corrected chi connectivity index (χ2v) is 9.76. The Bertz CT molecular complexity index is 1120. The van der Waals surface area contributed by atoms with E-state index in [-0.39, 0.29) is 17.7 Å². The van der Waals surface area contributed by atoms with E-state index in [1.54, 1.807) is 24.4 Å². The molecule has 0 aliphatic heterocycles. The molecule has 0 saturated heterocycles. The number of halogens is 1. The van der Waals surface area contributed by atoms with Crippen molar-refractivity contribution in [1.82, 2.24) is 4.98 Å². The van der Waals surface area contributed by atoms with E-state index in [2.05, 4.69) is 10.3 Å². The molecular weight excluding hydrogens is 412 g/mol. The van der Waals surface area contributed by atoms with Crippen molar-refractivity contribution in [3.63, 3.8) is 0 Å². The SMILES string of the molecule is O=C(Nc1cccc(-c2cnco2)c1)C1(S(=O)(=O)c2ccc(Cl)cc2)CCCC1. The molecule has 1 N–H and O–H groups in total. The van der Waals surface area contributed by atoms with Gasteiger partial charge in [-0.15, -0.1) is 0 Å². The average molecular weight is 431 g/mol. The first-order valence-corrected chi connectivity index (χ1v) is 11.1. The van der Waals surface area contributed by atoms with Crippen LogP contribution in [0.3, 0.4) is 0 Å². The number of anilines is 1. The minimum atomic E-state index is -3.89. The van der Waals surface area contributed by atoms with Gasteiger partial charge in [0.1, 0.15) is 0 Å². The lowest BCUT2D eigenvalue weighted by atomic mass is 10.1. The highest BCUT2D eigenvalue weighted by atomic mass is 35.5. The van der Waals surface area contributed by atoms with Crippen LogP contribution in [-0.4, -0.2) is 24.1 Å². The number of sulfone groups is 1. The molecule has 1 aliphatic carbocycles. The zero-order valence-electron chi connectivity index (χ0n) is 15.5. The molecule has 4 rings (SSSR count). The number of carbonyl (C=O) groups excluding carboxylic acids is 1. The van der Waals surface area contributed by atoms with Crippen LogP contribution in [0, 0.1) is 0 Å². The molecule has 0 spiro atoms. The van der Waals surface area contributed by atoms with Crippen LogP contribution in [0.15, 0.2) is 70.4 Å². The first-order chi connectivity index (χ1) is 13.9. The van der Waals surface area contributed by atoms with Crippen LogP contribution in [0.4, 0.5) is 5.69 Å². The van der Waals surface area contributed by atoms with Gasteiger partial charge in [-0.25, -0.2) is 13.4 Å². The number of aromatic nitrogens is 1. The number of hydrogen-bond acceptors (Lipinski definition) is 5. The topological polar surface area (TPSA) is 89.3 Å². The maximum absolute atomic E-state index is 13.4. The lowest BCUT2D eigenvalue weighted by Gasteiger charge is -2.27. The number of rotatable bonds is 5. The standard InChI is InChI=1S/C21H19ClN2O4S/c22-16-6-8-18(9-7-16)29(26,27)21(10-1-2-11-21)20(25)24-17-5-3-4-15(12-17)19-13-23-14-28-19/h3-9,12-14H,1-2,10-11H2,(H,24,25). The molecule has 0 atom stereocenters. The number of oxazole rings is 1. The smallest absolute Gasteiger partial charge is 0.246 e. The molecule has 1 fully saturated rings. The quantitative estimate of drug-likeness (QED) is 0.632. The van der Waals surface area contributed by atoms with Crippen LogP contribution in [0.1, 0.15) is 25.7 Å². The van der Waals surface area contributed by atoms with E-state index in [1.807, 2.05) is 6.07 Å². The van der Waals surface area contributed by atoms with Gasteiger partial charge in [0.25, 0.3) is 0 Å². The maximum atomic E-state index is 13.4. The molecule has 29 heavy (non-hydrogen) atoms. The molecule has 1 aliphatic rings. The molecule has 6 nitrogen and oxygen atoms in total. The second-order valence-electron chi connectivity index (χ2n) is 7.06. The largest absolute Gasteiger partial charge is 0.444 e. The normalized spacial score (nSPS) is 15.9. The zero-order chi connectivity index (χ0) is 20.5. The maximum Gasteiger partial charge on any atom is 0.246 e. The van der Waals surface area contributed by atoms with Gasteiger partial charge in [-0.05, 0) is 49.2 Å². The number of carbonyl (C=O) groups is 1. The van der Waals surface area contributed by atoms with Crippen LogP contribution in [0.25, 0.3) is 11.3 Å². The molecule has 0 radical (unpaired) electrons. The molecule has 150 valence electrons. The molecule has 1 heterocycles. The van der Waals surface area contributed by atoms with Crippen LogP contribution >= 0.6 is 11.6 Å². The van der Waals surface area contributed by atoms with E-state index in [9.17, 15) is 13.2 Å². The van der Waals surface area contributed by atoms with Gasteiger partial charge in [0.05, 0.1) is 11.1 Å². The Morgan fingerprint density at radius 3 is 2.48 bits per heavy atom. The van der Waals surface area contributed by atoms with Crippen LogP contribution in [0.2, 0.25) is 5.02 Å². The third-order valence-electron chi connectivity index (χ3n) is 5.30. The van der Waals surface area contributed by atoms with Gasteiger partial charge in [0.15, 0.2) is 26.7 Å². The van der Waals surface area contributed by atoms with Crippen molar-refractivity contribution in [3.05, 3.63) is 66.1 Å². The molecular formula is C21H19ClN2O4S. The Morgan fingerprint density at radius 2 is 1.83 bits per heavy atom. The highest BCUT2D eigenvalue weighted by Gasteiger charge is 2.52. The van der Waals surface area contributed by atoms with E-state index in [0.717, 1.165) is 5.56 Å². The van der Waals surface area contributed by atoms with Crippen molar-refractivity contribution < 1.29 is 17.6 Å². The molecule has 8 heteroatoms. The minimum Gasteiger partial charge on any atom is -0.444 e. The fourth-order valence-electron chi connectivity index (χ4n) is 3.76. The van der Waals surface area contributed by atoms with E-state index in [1.165, 1.54) is 30.7 Å². The lowest BCUT2D eigenvalue weighted by Crippen LogP contribution is -2.47. The van der Waals surface area contributed by atoms with Gasteiger partial charge < -0.3 is 9.73 Å². The predicted octanol–water partition coefficient (Wildman–Crippen LogP) is 4.72. The summed E-state index contributed by atoms with van der Waals surface area (Å²) >= 11 is 5.90. The Morgan fingerprint density at radius 1 is 1.10 bits per heavy atom. The average Bonchev–Trinajstić information content (AvgIpc) is 3.41. The van der Waals surface area contributed by atoms with E-state index < -0.39 is 20.5 Å². The first kappa shape index (κ1) is 19.7. The third kappa shape index (κ3) is 3.56. The molecule has 1 saturated carbocycles. The number of amides is 1. The summed E-state index contributed by atoms with van der Waals surface area (Å²) in [6.45, 7) is 0. The zero-order valence-corrected chi connectivity index (χ0v) is 17.0. The van der Waals surface area contributed by atoms with Gasteiger partial charge in [0.2, 0.25) is 5.91 Å². The molecule has 1 amide bonds. The summed E-state index contributed by atoms with van der Waals surface area (Å²) in [7, 11) is -3.89. The summed E-state index contributed by atoms with van der Waals surface area (Å²) in [5, 5.41) is 3.25. The van der Waals surface area contributed by atoms with E-state index >= 15 is 0 Å². The number of nitrogens with one attached hydrogen (secondary N) is 1. The van der Waals surface area contributed by atoms with Gasteiger partial charge in [0, 0.05) is 16.3 Å². The van der Waals surface area contributed by atoms with Crippen molar-refractivity contribution in [2.45, 2.75) is 35.3 Å². The lowest BCUT2D eigenvalue weighted by molar-refractivity contribution is -0.118. The van der Waals surface area contributed by atoms with Gasteiger partial charge in [-0.1, -0.05) is 36.6 Å². The van der Waals surface area contributed by atoms with E-state index in [0.29, 0.717) is 29.3 Å². The van der Waals surface area contributed by atoms with Gasteiger partial charge in [-0.3, -0.25) is 4.79 Å².